The molecule has 0 fully saturated rings. The molecule has 2 heterocycles. The summed E-state index contributed by atoms with van der Waals surface area (Å²) in [7, 11) is 1.83. The zero-order valence-corrected chi connectivity index (χ0v) is 13.2. The molecule has 0 radical (unpaired) electrons. The van der Waals surface area contributed by atoms with Crippen molar-refractivity contribution in [1.82, 2.24) is 9.78 Å². The molecule has 1 amide bonds. The van der Waals surface area contributed by atoms with Gasteiger partial charge in [0.1, 0.15) is 5.00 Å². The lowest BCUT2D eigenvalue weighted by Gasteiger charge is -2.05. The van der Waals surface area contributed by atoms with E-state index in [4.69, 9.17) is 5.11 Å². The number of aryl methyl sites for hydroxylation is 3. The number of carboxylic acids is 1. The first-order valence-electron chi connectivity index (χ1n) is 6.42. The van der Waals surface area contributed by atoms with Gasteiger partial charge in [-0.15, -0.1) is 11.3 Å². The molecule has 21 heavy (non-hydrogen) atoms. The SMILES string of the molecule is Cc1cc(C(=O)O)c(NC(=O)Cc2c(C)nn(C)c2C)s1. The summed E-state index contributed by atoms with van der Waals surface area (Å²) in [4.78, 5) is 24.1. The van der Waals surface area contributed by atoms with Gasteiger partial charge < -0.3 is 10.4 Å². The molecule has 2 aromatic heterocycles. The second-order valence-corrected chi connectivity index (χ2v) is 6.16. The first kappa shape index (κ1) is 15.2. The third-order valence-electron chi connectivity index (χ3n) is 3.33. The van der Waals surface area contributed by atoms with Gasteiger partial charge in [-0.3, -0.25) is 9.48 Å². The third-order valence-corrected chi connectivity index (χ3v) is 4.30. The molecule has 0 atom stereocenters. The second-order valence-electron chi connectivity index (χ2n) is 4.90. The Labute approximate surface area is 126 Å². The molecular formula is C14H17N3O3S. The minimum Gasteiger partial charge on any atom is -0.478 e. The molecule has 0 spiro atoms. The predicted molar refractivity (Wildman–Crippen MR) is 81.0 cm³/mol. The van der Waals surface area contributed by atoms with Crippen molar-refractivity contribution in [2.45, 2.75) is 27.2 Å². The van der Waals surface area contributed by atoms with Crippen LogP contribution in [0.2, 0.25) is 0 Å². The van der Waals surface area contributed by atoms with Gasteiger partial charge in [0.25, 0.3) is 0 Å². The Balaban J connectivity index is 2.17. The molecule has 0 aliphatic rings. The van der Waals surface area contributed by atoms with Gasteiger partial charge in [0.05, 0.1) is 17.7 Å². The third kappa shape index (κ3) is 3.13. The molecule has 0 aliphatic carbocycles. The Morgan fingerprint density at radius 1 is 1.38 bits per heavy atom. The zero-order chi connectivity index (χ0) is 15.7. The quantitative estimate of drug-likeness (QED) is 0.907. The van der Waals surface area contributed by atoms with Crippen LogP contribution in [0.3, 0.4) is 0 Å². The molecule has 6 nitrogen and oxygen atoms in total. The summed E-state index contributed by atoms with van der Waals surface area (Å²) in [6.45, 7) is 5.57. The highest BCUT2D eigenvalue weighted by Gasteiger charge is 2.18. The zero-order valence-electron chi connectivity index (χ0n) is 12.4. The molecule has 7 heteroatoms. The summed E-state index contributed by atoms with van der Waals surface area (Å²) >= 11 is 1.26. The van der Waals surface area contributed by atoms with Crippen LogP contribution in [0.5, 0.6) is 0 Å². The van der Waals surface area contributed by atoms with Crippen LogP contribution >= 0.6 is 11.3 Å². The van der Waals surface area contributed by atoms with Crippen molar-refractivity contribution < 1.29 is 14.7 Å². The van der Waals surface area contributed by atoms with E-state index in [-0.39, 0.29) is 17.9 Å². The highest BCUT2D eigenvalue weighted by Crippen LogP contribution is 2.27. The molecule has 2 rings (SSSR count). The molecular weight excluding hydrogens is 290 g/mol. The van der Waals surface area contributed by atoms with E-state index >= 15 is 0 Å². The Morgan fingerprint density at radius 3 is 2.57 bits per heavy atom. The largest absolute Gasteiger partial charge is 0.478 e. The van der Waals surface area contributed by atoms with E-state index in [2.05, 4.69) is 10.4 Å². The number of rotatable bonds is 4. The first-order chi connectivity index (χ1) is 9.79. The average Bonchev–Trinajstić information content (AvgIpc) is 2.85. The summed E-state index contributed by atoms with van der Waals surface area (Å²) in [5.74, 6) is -1.28. The van der Waals surface area contributed by atoms with Gasteiger partial charge in [-0.2, -0.15) is 5.10 Å². The number of hydrogen-bond donors (Lipinski definition) is 2. The fourth-order valence-electron chi connectivity index (χ4n) is 2.17. The monoisotopic (exact) mass is 307 g/mol. The van der Waals surface area contributed by atoms with Crippen molar-refractivity contribution in [2.24, 2.45) is 7.05 Å². The fraction of sp³-hybridized carbons (Fsp3) is 0.357. The van der Waals surface area contributed by atoms with Gasteiger partial charge in [0.15, 0.2) is 0 Å². The maximum absolute atomic E-state index is 12.1. The lowest BCUT2D eigenvalue weighted by molar-refractivity contribution is -0.115. The van der Waals surface area contributed by atoms with Crippen LogP contribution in [0.1, 0.15) is 32.2 Å². The van der Waals surface area contributed by atoms with Gasteiger partial charge >= 0.3 is 5.97 Å². The minimum atomic E-state index is -1.04. The molecule has 0 saturated carbocycles. The first-order valence-corrected chi connectivity index (χ1v) is 7.24. The number of carbonyl (C=O) groups is 2. The van der Waals surface area contributed by atoms with E-state index in [1.165, 1.54) is 11.3 Å². The Kier molecular flexibility index (Phi) is 4.13. The number of anilines is 1. The molecule has 0 aromatic carbocycles. The van der Waals surface area contributed by atoms with Crippen LogP contribution in [-0.2, 0) is 18.3 Å². The van der Waals surface area contributed by atoms with Gasteiger partial charge in [-0.05, 0) is 26.8 Å². The highest BCUT2D eigenvalue weighted by molar-refractivity contribution is 7.16. The van der Waals surface area contributed by atoms with Gasteiger partial charge in [0.2, 0.25) is 5.91 Å². The maximum Gasteiger partial charge on any atom is 0.338 e. The minimum absolute atomic E-state index is 0.130. The van der Waals surface area contributed by atoms with Gasteiger partial charge in [-0.1, -0.05) is 0 Å². The Bertz CT molecular complexity index is 715. The van der Waals surface area contributed by atoms with Crippen LogP contribution in [0.15, 0.2) is 6.07 Å². The summed E-state index contributed by atoms with van der Waals surface area (Å²) in [5.41, 5.74) is 2.75. The lowest BCUT2D eigenvalue weighted by Crippen LogP contribution is -2.16. The van der Waals surface area contributed by atoms with Crippen LogP contribution in [0, 0.1) is 20.8 Å². The topological polar surface area (TPSA) is 84.2 Å². The molecule has 0 aliphatic heterocycles. The van der Waals surface area contributed by atoms with E-state index in [1.54, 1.807) is 10.7 Å². The van der Waals surface area contributed by atoms with E-state index in [0.29, 0.717) is 5.00 Å². The Hall–Kier alpha value is -2.15. The normalized spacial score (nSPS) is 10.7. The fourth-order valence-corrected chi connectivity index (χ4v) is 3.09. The van der Waals surface area contributed by atoms with Gasteiger partial charge in [0, 0.05) is 23.2 Å². The number of aromatic carboxylic acids is 1. The van der Waals surface area contributed by atoms with E-state index in [1.807, 2.05) is 27.8 Å². The number of nitrogens with one attached hydrogen (secondary N) is 1. The van der Waals surface area contributed by atoms with Crippen LogP contribution in [0.25, 0.3) is 0 Å². The lowest BCUT2D eigenvalue weighted by atomic mass is 10.1. The van der Waals surface area contributed by atoms with Crippen LogP contribution in [-0.4, -0.2) is 26.8 Å². The van der Waals surface area contributed by atoms with Crippen molar-refractivity contribution in [3.8, 4) is 0 Å². The van der Waals surface area contributed by atoms with Crippen LogP contribution in [0.4, 0.5) is 5.00 Å². The van der Waals surface area contributed by atoms with Gasteiger partial charge in [-0.25, -0.2) is 4.79 Å². The number of hydrogen-bond acceptors (Lipinski definition) is 4. The number of amides is 1. The number of nitrogens with zero attached hydrogens (tertiary/aromatic N) is 2. The summed E-state index contributed by atoms with van der Waals surface area (Å²) in [5, 5.41) is 16.4. The predicted octanol–water partition coefficient (Wildman–Crippen LogP) is 2.29. The van der Waals surface area contributed by atoms with Crippen molar-refractivity contribution in [3.05, 3.63) is 33.5 Å². The average molecular weight is 307 g/mol. The van der Waals surface area contributed by atoms with Crippen molar-refractivity contribution >= 4 is 28.2 Å². The number of thiophene rings is 1. The van der Waals surface area contributed by atoms with E-state index in [0.717, 1.165) is 21.8 Å². The molecule has 0 saturated heterocycles. The number of carboxylic acid groups (broad SMARTS) is 1. The summed E-state index contributed by atoms with van der Waals surface area (Å²) < 4.78 is 1.73. The Morgan fingerprint density at radius 2 is 2.05 bits per heavy atom. The summed E-state index contributed by atoms with van der Waals surface area (Å²) in [6, 6.07) is 1.56. The number of carbonyl (C=O) groups excluding carboxylic acids is 1. The smallest absolute Gasteiger partial charge is 0.338 e. The summed E-state index contributed by atoms with van der Waals surface area (Å²) in [6.07, 6.45) is 0.182. The second kappa shape index (κ2) is 5.69. The molecule has 2 aromatic rings. The van der Waals surface area contributed by atoms with Crippen LogP contribution < -0.4 is 5.32 Å². The standard InChI is InChI=1S/C14H17N3O3S/c1-7-5-11(14(19)20)13(21-7)15-12(18)6-10-8(2)16-17(4)9(10)3/h5H,6H2,1-4H3,(H,15,18)(H,19,20). The van der Waals surface area contributed by atoms with E-state index < -0.39 is 5.97 Å². The highest BCUT2D eigenvalue weighted by atomic mass is 32.1. The molecule has 112 valence electrons. The number of aromatic nitrogens is 2. The van der Waals surface area contributed by atoms with Crippen molar-refractivity contribution in [3.63, 3.8) is 0 Å². The van der Waals surface area contributed by atoms with Crippen molar-refractivity contribution in [2.75, 3.05) is 5.32 Å². The maximum atomic E-state index is 12.1. The van der Waals surface area contributed by atoms with Crippen molar-refractivity contribution in [1.29, 1.82) is 0 Å². The molecule has 2 N–H and O–H groups in total. The van der Waals surface area contributed by atoms with E-state index in [9.17, 15) is 9.59 Å². The molecule has 0 bridgehead atoms. The molecule has 0 unspecified atom stereocenters.